The van der Waals surface area contributed by atoms with Crippen molar-refractivity contribution in [3.05, 3.63) is 28.8 Å². The molecule has 208 valence electrons. The van der Waals surface area contributed by atoms with E-state index in [0.717, 1.165) is 54.0 Å². The van der Waals surface area contributed by atoms with Gasteiger partial charge in [0.1, 0.15) is 6.04 Å². The van der Waals surface area contributed by atoms with Crippen molar-refractivity contribution in [3.63, 3.8) is 0 Å². The van der Waals surface area contributed by atoms with Crippen LogP contribution in [0.25, 0.3) is 10.2 Å². The summed E-state index contributed by atoms with van der Waals surface area (Å²) >= 11 is 1.58. The maximum atomic E-state index is 13.6. The number of nitrogens with one attached hydrogen (secondary N) is 3. The Morgan fingerprint density at radius 3 is 2.50 bits per heavy atom. The van der Waals surface area contributed by atoms with E-state index in [1.165, 1.54) is 12.0 Å². The minimum absolute atomic E-state index is 0.0227. The number of hydrogen-bond acceptors (Lipinski definition) is 6. The zero-order chi connectivity index (χ0) is 27.2. The third-order valence-corrected chi connectivity index (χ3v) is 8.99. The second kappa shape index (κ2) is 13.0. The molecule has 9 heteroatoms. The highest BCUT2D eigenvalue weighted by Crippen LogP contribution is 2.28. The quantitative estimate of drug-likeness (QED) is 0.403. The topological polar surface area (TPSA) is 103 Å². The predicted octanol–water partition coefficient (Wildman–Crippen LogP) is 3.60. The third kappa shape index (κ3) is 7.32. The Kier molecular flexibility index (Phi) is 9.76. The number of rotatable bonds is 11. The first-order valence-electron chi connectivity index (χ1n) is 14.2. The SMILES string of the molecule is CCC(=O)N[C@@H](Cc1nc2ccc(C(C)C)cc2s1)C(=O)N[C@H](CNC(=O)C1CN(C)C1)C1CCCCC1. The number of amides is 3. The molecule has 0 spiro atoms. The predicted molar refractivity (Wildman–Crippen MR) is 152 cm³/mol. The van der Waals surface area contributed by atoms with Crippen LogP contribution in [0.3, 0.4) is 0 Å². The molecule has 1 aliphatic heterocycles. The molecule has 4 rings (SSSR count). The number of nitrogens with zero attached hydrogens (tertiary/aromatic N) is 2. The molecular formula is C29H43N5O3S. The Labute approximate surface area is 230 Å². The highest BCUT2D eigenvalue weighted by molar-refractivity contribution is 7.18. The van der Waals surface area contributed by atoms with Gasteiger partial charge in [0.25, 0.3) is 0 Å². The lowest BCUT2D eigenvalue weighted by Crippen LogP contribution is -2.57. The van der Waals surface area contributed by atoms with Gasteiger partial charge < -0.3 is 20.9 Å². The Morgan fingerprint density at radius 2 is 1.84 bits per heavy atom. The number of hydrogen-bond donors (Lipinski definition) is 3. The summed E-state index contributed by atoms with van der Waals surface area (Å²) in [6, 6.07) is 5.43. The summed E-state index contributed by atoms with van der Waals surface area (Å²) in [6.45, 7) is 8.09. The fraction of sp³-hybridized carbons (Fsp3) is 0.655. The standard InChI is InChI=1S/C29H43N5O3S/c1-5-26(35)31-23(14-27-32-22-12-11-20(18(2)3)13-25(22)38-27)29(37)33-24(19-9-7-6-8-10-19)15-30-28(36)21-16-34(4)17-21/h11-13,18-19,21,23-24H,5-10,14-17H2,1-4H3,(H,30,36)(H,31,35)(H,33,37)/t23-,24+/m0/s1. The number of benzene rings is 1. The Morgan fingerprint density at radius 1 is 1.11 bits per heavy atom. The van der Waals surface area contributed by atoms with E-state index in [1.807, 2.05) is 13.1 Å². The lowest BCUT2D eigenvalue weighted by Gasteiger charge is -2.36. The van der Waals surface area contributed by atoms with Gasteiger partial charge in [0.05, 0.1) is 21.1 Å². The molecule has 2 aromatic rings. The van der Waals surface area contributed by atoms with Crippen LogP contribution in [0.2, 0.25) is 0 Å². The molecule has 0 unspecified atom stereocenters. The van der Waals surface area contributed by atoms with Crippen LogP contribution >= 0.6 is 11.3 Å². The number of carbonyl (C=O) groups excluding carboxylic acids is 3. The molecule has 8 nitrogen and oxygen atoms in total. The molecule has 1 saturated carbocycles. The average molecular weight is 542 g/mol. The summed E-state index contributed by atoms with van der Waals surface area (Å²) in [5.41, 5.74) is 2.17. The first kappa shape index (κ1) is 28.5. The zero-order valence-electron chi connectivity index (χ0n) is 23.2. The smallest absolute Gasteiger partial charge is 0.243 e. The van der Waals surface area contributed by atoms with Gasteiger partial charge in [-0.3, -0.25) is 14.4 Å². The van der Waals surface area contributed by atoms with Crippen LogP contribution in [-0.4, -0.2) is 66.4 Å². The Balaban J connectivity index is 1.47. The van der Waals surface area contributed by atoms with E-state index in [-0.39, 0.29) is 29.7 Å². The minimum Gasteiger partial charge on any atom is -0.354 e. The fourth-order valence-corrected chi connectivity index (χ4v) is 6.55. The molecule has 2 fully saturated rings. The molecule has 1 aromatic heterocycles. The van der Waals surface area contributed by atoms with E-state index >= 15 is 0 Å². The van der Waals surface area contributed by atoms with E-state index in [4.69, 9.17) is 4.98 Å². The van der Waals surface area contributed by atoms with Crippen molar-refractivity contribution in [1.29, 1.82) is 0 Å². The van der Waals surface area contributed by atoms with Crippen LogP contribution in [0.5, 0.6) is 0 Å². The highest BCUT2D eigenvalue weighted by atomic mass is 32.1. The van der Waals surface area contributed by atoms with E-state index in [9.17, 15) is 14.4 Å². The molecule has 1 saturated heterocycles. The van der Waals surface area contributed by atoms with Crippen LogP contribution in [0, 0.1) is 11.8 Å². The Hall–Kier alpha value is -2.52. The largest absolute Gasteiger partial charge is 0.354 e. The van der Waals surface area contributed by atoms with Gasteiger partial charge in [-0.15, -0.1) is 11.3 Å². The second-order valence-corrected chi connectivity index (χ2v) is 12.5. The molecule has 1 aliphatic carbocycles. The average Bonchev–Trinajstić information content (AvgIpc) is 3.30. The number of carbonyl (C=O) groups is 3. The maximum Gasteiger partial charge on any atom is 0.243 e. The monoisotopic (exact) mass is 541 g/mol. The number of likely N-dealkylation sites (tertiary alicyclic amines) is 1. The van der Waals surface area contributed by atoms with Crippen LogP contribution in [0.15, 0.2) is 18.2 Å². The fourth-order valence-electron chi connectivity index (χ4n) is 5.49. The number of thiazole rings is 1. The zero-order valence-corrected chi connectivity index (χ0v) is 24.0. The Bertz CT molecular complexity index is 1120. The molecule has 2 aliphatic rings. The van der Waals surface area contributed by atoms with Crippen molar-refractivity contribution in [1.82, 2.24) is 25.8 Å². The molecule has 0 bridgehead atoms. The second-order valence-electron chi connectivity index (χ2n) is 11.3. The van der Waals surface area contributed by atoms with Crippen molar-refractivity contribution in [2.24, 2.45) is 11.8 Å². The van der Waals surface area contributed by atoms with Gasteiger partial charge in [-0.2, -0.15) is 0 Å². The van der Waals surface area contributed by atoms with Gasteiger partial charge in [0.15, 0.2) is 0 Å². The van der Waals surface area contributed by atoms with E-state index in [0.29, 0.717) is 31.2 Å². The van der Waals surface area contributed by atoms with Gasteiger partial charge in [-0.25, -0.2) is 4.98 Å². The minimum atomic E-state index is -0.713. The molecule has 3 amide bonds. The number of fused-ring (bicyclic) bond motifs is 1. The van der Waals surface area contributed by atoms with Crippen LogP contribution in [0.1, 0.15) is 75.8 Å². The van der Waals surface area contributed by atoms with Crippen molar-refractivity contribution < 1.29 is 14.4 Å². The number of aromatic nitrogens is 1. The molecule has 2 heterocycles. The maximum absolute atomic E-state index is 13.6. The van der Waals surface area contributed by atoms with Gasteiger partial charge in [0, 0.05) is 38.5 Å². The summed E-state index contributed by atoms with van der Waals surface area (Å²) < 4.78 is 1.09. The van der Waals surface area contributed by atoms with Crippen molar-refractivity contribution in [3.8, 4) is 0 Å². The molecule has 3 N–H and O–H groups in total. The molecule has 38 heavy (non-hydrogen) atoms. The third-order valence-electron chi connectivity index (χ3n) is 7.95. The van der Waals surface area contributed by atoms with E-state index in [1.54, 1.807) is 18.3 Å². The summed E-state index contributed by atoms with van der Waals surface area (Å²) in [6.07, 6.45) is 6.20. The highest BCUT2D eigenvalue weighted by Gasteiger charge is 2.33. The molecular weight excluding hydrogens is 498 g/mol. The van der Waals surface area contributed by atoms with Gasteiger partial charge in [0.2, 0.25) is 17.7 Å². The molecule has 2 atom stereocenters. The first-order chi connectivity index (χ1) is 18.2. The lowest BCUT2D eigenvalue weighted by molar-refractivity contribution is -0.131. The van der Waals surface area contributed by atoms with Gasteiger partial charge in [-0.1, -0.05) is 46.1 Å². The first-order valence-corrected chi connectivity index (χ1v) is 15.0. The molecule has 1 aromatic carbocycles. The summed E-state index contributed by atoms with van der Waals surface area (Å²) in [4.78, 5) is 45.5. The van der Waals surface area contributed by atoms with Crippen molar-refractivity contribution in [2.45, 2.75) is 83.7 Å². The van der Waals surface area contributed by atoms with Gasteiger partial charge in [-0.05, 0) is 49.4 Å². The van der Waals surface area contributed by atoms with Crippen LogP contribution < -0.4 is 16.0 Å². The van der Waals surface area contributed by atoms with Crippen LogP contribution in [0.4, 0.5) is 0 Å². The van der Waals surface area contributed by atoms with E-state index < -0.39 is 6.04 Å². The van der Waals surface area contributed by atoms with E-state index in [2.05, 4.69) is 46.8 Å². The summed E-state index contributed by atoms with van der Waals surface area (Å²) in [7, 11) is 2.01. The summed E-state index contributed by atoms with van der Waals surface area (Å²) in [5.74, 6) is 0.456. The lowest BCUT2D eigenvalue weighted by atomic mass is 9.83. The normalized spacial score (nSPS) is 18.7. The van der Waals surface area contributed by atoms with Crippen LogP contribution in [-0.2, 0) is 20.8 Å². The van der Waals surface area contributed by atoms with Crippen molar-refractivity contribution >= 4 is 39.3 Å². The molecule has 0 radical (unpaired) electrons. The van der Waals surface area contributed by atoms with Gasteiger partial charge >= 0.3 is 0 Å². The summed E-state index contributed by atoms with van der Waals surface area (Å²) in [5, 5.41) is 10.1. The van der Waals surface area contributed by atoms with Crippen molar-refractivity contribution in [2.75, 3.05) is 26.7 Å².